The highest BCUT2D eigenvalue weighted by Crippen LogP contribution is 2.36. The van der Waals surface area contributed by atoms with Crippen LogP contribution < -0.4 is 4.72 Å². The number of nitrogens with one attached hydrogen (secondary N) is 1. The van der Waals surface area contributed by atoms with Crippen molar-refractivity contribution in [2.24, 2.45) is 0 Å². The summed E-state index contributed by atoms with van der Waals surface area (Å²) >= 11 is 6.33. The molecule has 0 fully saturated rings. The van der Waals surface area contributed by atoms with Gasteiger partial charge in [0.05, 0.1) is 15.6 Å². The first-order valence-corrected chi connectivity index (χ1v) is 16.9. The molecule has 0 saturated carbocycles. The molecule has 4 aromatic rings. The number of fused-ring (bicyclic) bond motifs is 1. The molecular formula is C30H24ClN3O8S2. The summed E-state index contributed by atoms with van der Waals surface area (Å²) in [5, 5.41) is 12.1. The molecule has 226 valence electrons. The molecule has 0 saturated heterocycles. The third-order valence-corrected chi connectivity index (χ3v) is 9.26. The Morgan fingerprint density at radius 1 is 1.02 bits per heavy atom. The number of sulfonamides is 1. The molecule has 1 amide bonds. The fourth-order valence-electron chi connectivity index (χ4n) is 5.05. The fourth-order valence-corrected chi connectivity index (χ4v) is 7.03. The zero-order valence-corrected chi connectivity index (χ0v) is 25.4. The SMILES string of the molecule is CS(=O)(=O)Cc1cccc(S(=O)(=O)NC(=O)c2c(C3=CC=CCC3=O)c3cc(Cl)ccc3n2Cc2cccc([N+](=O)[O-])c2)c1. The van der Waals surface area contributed by atoms with E-state index in [1.54, 1.807) is 36.4 Å². The van der Waals surface area contributed by atoms with Crippen LogP contribution in [0.5, 0.6) is 0 Å². The standard InChI is InChI=1S/C30H24ClN3O8S2/c1-43(39,40)18-20-7-5-9-23(15-20)44(41,42)32-30(36)29-28(24-10-2-3-11-27(24)35)25-16-21(31)12-13-26(25)33(29)17-19-6-4-8-22(14-19)34(37)38/h2-10,12-16H,11,17-18H2,1H3,(H,32,36). The van der Waals surface area contributed by atoms with Crippen molar-refractivity contribution in [3.05, 3.63) is 122 Å². The monoisotopic (exact) mass is 653 g/mol. The van der Waals surface area contributed by atoms with E-state index in [4.69, 9.17) is 11.6 Å². The molecule has 0 atom stereocenters. The smallest absolute Gasteiger partial charge is 0.282 e. The highest BCUT2D eigenvalue weighted by Gasteiger charge is 2.31. The van der Waals surface area contributed by atoms with Crippen molar-refractivity contribution < 1.29 is 31.3 Å². The van der Waals surface area contributed by atoms with Gasteiger partial charge < -0.3 is 4.57 Å². The second-order valence-corrected chi connectivity index (χ2v) is 14.4. The maximum absolute atomic E-state index is 14.1. The summed E-state index contributed by atoms with van der Waals surface area (Å²) in [5.41, 5.74) is 1.03. The van der Waals surface area contributed by atoms with E-state index in [0.29, 0.717) is 21.5 Å². The van der Waals surface area contributed by atoms with Crippen molar-refractivity contribution in [1.82, 2.24) is 9.29 Å². The fraction of sp³-hybridized carbons (Fsp3) is 0.133. The maximum atomic E-state index is 14.1. The van der Waals surface area contributed by atoms with Crippen LogP contribution in [0.2, 0.25) is 5.02 Å². The quantitative estimate of drug-likeness (QED) is 0.198. The summed E-state index contributed by atoms with van der Waals surface area (Å²) in [6.45, 7) is -0.0935. The molecule has 0 radical (unpaired) electrons. The van der Waals surface area contributed by atoms with Crippen molar-refractivity contribution in [1.29, 1.82) is 0 Å². The van der Waals surface area contributed by atoms with Gasteiger partial charge >= 0.3 is 0 Å². The van der Waals surface area contributed by atoms with Gasteiger partial charge in [0.25, 0.3) is 21.6 Å². The molecule has 0 unspecified atom stereocenters. The van der Waals surface area contributed by atoms with Crippen molar-refractivity contribution in [2.45, 2.75) is 23.6 Å². The number of ketones is 1. The van der Waals surface area contributed by atoms with E-state index in [1.165, 1.54) is 47.0 Å². The Morgan fingerprint density at radius 3 is 2.45 bits per heavy atom. The second kappa shape index (κ2) is 11.8. The van der Waals surface area contributed by atoms with Gasteiger partial charge in [-0.2, -0.15) is 0 Å². The number of allylic oxidation sites excluding steroid dienone is 4. The number of aromatic nitrogens is 1. The van der Waals surface area contributed by atoms with Crippen LogP contribution in [0, 0.1) is 10.1 Å². The van der Waals surface area contributed by atoms with Gasteiger partial charge in [0.1, 0.15) is 5.69 Å². The Bertz CT molecular complexity index is 2150. The van der Waals surface area contributed by atoms with Crippen LogP contribution in [0.3, 0.4) is 0 Å². The number of hydrogen-bond acceptors (Lipinski definition) is 8. The molecule has 44 heavy (non-hydrogen) atoms. The number of nitro groups is 1. The summed E-state index contributed by atoms with van der Waals surface area (Å²) in [6, 6.07) is 15.7. The summed E-state index contributed by atoms with van der Waals surface area (Å²) in [6.07, 6.45) is 5.89. The van der Waals surface area contributed by atoms with Gasteiger partial charge in [0.15, 0.2) is 15.6 Å². The molecule has 0 spiro atoms. The Balaban J connectivity index is 1.69. The first kappa shape index (κ1) is 30.9. The van der Waals surface area contributed by atoms with E-state index in [1.807, 2.05) is 0 Å². The molecule has 0 aliphatic heterocycles. The Labute approximate surface area is 257 Å². The average molecular weight is 654 g/mol. The van der Waals surface area contributed by atoms with Crippen molar-refractivity contribution in [3.8, 4) is 0 Å². The first-order chi connectivity index (χ1) is 20.7. The normalized spacial score (nSPS) is 13.6. The summed E-state index contributed by atoms with van der Waals surface area (Å²) in [7, 11) is -8.01. The number of carbonyl (C=O) groups excluding carboxylic acids is 2. The zero-order valence-electron chi connectivity index (χ0n) is 23.1. The van der Waals surface area contributed by atoms with Crippen molar-refractivity contribution in [2.75, 3.05) is 6.26 Å². The van der Waals surface area contributed by atoms with E-state index in [9.17, 15) is 36.5 Å². The van der Waals surface area contributed by atoms with Gasteiger partial charge in [-0.3, -0.25) is 19.7 Å². The lowest BCUT2D eigenvalue weighted by molar-refractivity contribution is -0.384. The molecule has 1 heterocycles. The molecule has 3 aromatic carbocycles. The molecule has 1 aliphatic carbocycles. The van der Waals surface area contributed by atoms with Crippen molar-refractivity contribution >= 4 is 65.3 Å². The number of rotatable bonds is 9. The lowest BCUT2D eigenvalue weighted by atomic mass is 9.93. The van der Waals surface area contributed by atoms with E-state index in [-0.39, 0.29) is 51.7 Å². The molecule has 1 N–H and O–H groups in total. The van der Waals surface area contributed by atoms with E-state index in [0.717, 1.165) is 12.3 Å². The van der Waals surface area contributed by atoms with Crippen LogP contribution in [0.4, 0.5) is 5.69 Å². The number of nitrogens with zero attached hydrogens (tertiary/aromatic N) is 2. The molecular weight excluding hydrogens is 630 g/mol. The highest BCUT2D eigenvalue weighted by atomic mass is 35.5. The van der Waals surface area contributed by atoms with Gasteiger partial charge in [0, 0.05) is 58.4 Å². The third kappa shape index (κ3) is 6.49. The van der Waals surface area contributed by atoms with Gasteiger partial charge in [-0.1, -0.05) is 54.1 Å². The largest absolute Gasteiger partial charge is 0.331 e. The number of sulfone groups is 1. The Kier molecular flexibility index (Phi) is 8.30. The number of carbonyl (C=O) groups is 2. The minimum atomic E-state index is -4.54. The third-order valence-electron chi connectivity index (χ3n) is 6.84. The number of Topliss-reactive ketones (excluding diaryl/α,β-unsaturated/α-hetero) is 1. The average Bonchev–Trinajstić information content (AvgIpc) is 3.25. The molecule has 0 bridgehead atoms. The predicted octanol–water partition coefficient (Wildman–Crippen LogP) is 4.83. The second-order valence-electron chi connectivity index (χ2n) is 10.2. The van der Waals surface area contributed by atoms with Gasteiger partial charge in [-0.15, -0.1) is 0 Å². The number of nitro benzene ring substituents is 1. The van der Waals surface area contributed by atoms with E-state index < -0.39 is 36.4 Å². The van der Waals surface area contributed by atoms with Crippen LogP contribution in [0.1, 0.15) is 33.6 Å². The highest BCUT2D eigenvalue weighted by molar-refractivity contribution is 7.90. The summed E-state index contributed by atoms with van der Waals surface area (Å²) < 4.78 is 54.1. The maximum Gasteiger partial charge on any atom is 0.282 e. The number of amides is 1. The Hall–Kier alpha value is -4.59. The first-order valence-electron chi connectivity index (χ1n) is 13.0. The predicted molar refractivity (Wildman–Crippen MR) is 166 cm³/mol. The van der Waals surface area contributed by atoms with E-state index >= 15 is 0 Å². The van der Waals surface area contributed by atoms with Gasteiger partial charge in [-0.25, -0.2) is 21.6 Å². The molecule has 11 nitrogen and oxygen atoms in total. The lowest BCUT2D eigenvalue weighted by Crippen LogP contribution is -2.33. The minimum absolute atomic E-state index is 0.0520. The van der Waals surface area contributed by atoms with Crippen molar-refractivity contribution in [3.63, 3.8) is 0 Å². The van der Waals surface area contributed by atoms with Crippen LogP contribution in [0.25, 0.3) is 16.5 Å². The number of hydrogen-bond donors (Lipinski definition) is 1. The van der Waals surface area contributed by atoms with Crippen LogP contribution in [0.15, 0.2) is 89.9 Å². The summed E-state index contributed by atoms with van der Waals surface area (Å²) in [4.78, 5) is 37.7. The van der Waals surface area contributed by atoms with Crippen LogP contribution in [-0.2, 0) is 37.0 Å². The Morgan fingerprint density at radius 2 is 1.75 bits per heavy atom. The molecule has 1 aliphatic rings. The van der Waals surface area contributed by atoms with Crippen LogP contribution >= 0.6 is 11.6 Å². The van der Waals surface area contributed by atoms with Gasteiger partial charge in [-0.05, 0) is 41.5 Å². The molecule has 14 heteroatoms. The lowest BCUT2D eigenvalue weighted by Gasteiger charge is -2.15. The zero-order chi connectivity index (χ0) is 31.8. The number of halogens is 1. The summed E-state index contributed by atoms with van der Waals surface area (Å²) in [5.74, 6) is -1.79. The molecule has 1 aromatic heterocycles. The molecule has 5 rings (SSSR count). The minimum Gasteiger partial charge on any atom is -0.331 e. The topological polar surface area (TPSA) is 163 Å². The number of benzene rings is 3. The van der Waals surface area contributed by atoms with E-state index in [2.05, 4.69) is 4.72 Å². The van der Waals surface area contributed by atoms with Crippen LogP contribution in [-0.4, -0.2) is 44.3 Å². The number of non-ortho nitro benzene ring substituents is 1. The van der Waals surface area contributed by atoms with Gasteiger partial charge in [0.2, 0.25) is 0 Å².